The molecule has 10 heteroatoms. The first-order valence-corrected chi connectivity index (χ1v) is 13.1. The number of hydrogen-bond donors (Lipinski definition) is 1. The third kappa shape index (κ3) is 6.97. The van der Waals surface area contributed by atoms with Crippen LogP contribution in [0.15, 0.2) is 40.5 Å². The van der Waals surface area contributed by atoms with E-state index in [-0.39, 0.29) is 5.78 Å². The molecule has 3 heterocycles. The molecule has 1 N–H and O–H groups in total. The van der Waals surface area contributed by atoms with Crippen LogP contribution in [0.2, 0.25) is 0 Å². The average molecular weight is 498 g/mol. The van der Waals surface area contributed by atoms with Crippen LogP contribution in [-0.4, -0.2) is 63.8 Å². The number of carbonyl (C=O) groups is 1. The minimum Gasteiger partial charge on any atom is -0.338 e. The zero-order chi connectivity index (χ0) is 24.1. The van der Waals surface area contributed by atoms with Crippen molar-refractivity contribution in [3.05, 3.63) is 40.9 Å². The lowest BCUT2D eigenvalue weighted by Gasteiger charge is -2.32. The van der Waals surface area contributed by atoms with E-state index >= 15 is 0 Å². The maximum atomic E-state index is 12.1. The minimum absolute atomic E-state index is 0.276. The van der Waals surface area contributed by atoms with Gasteiger partial charge in [0.2, 0.25) is 11.9 Å². The minimum atomic E-state index is 0.276. The van der Waals surface area contributed by atoms with Gasteiger partial charge in [0.25, 0.3) is 0 Å². The third-order valence-electron chi connectivity index (χ3n) is 5.40. The highest BCUT2D eigenvalue weighted by Gasteiger charge is 2.19. The lowest BCUT2D eigenvalue weighted by Crippen LogP contribution is -2.45. The first-order chi connectivity index (χ1) is 16.3. The molecule has 1 saturated heterocycles. The van der Waals surface area contributed by atoms with Gasteiger partial charge < -0.3 is 9.80 Å². The van der Waals surface area contributed by atoms with Gasteiger partial charge in [0.15, 0.2) is 10.3 Å². The Morgan fingerprint density at radius 2 is 1.85 bits per heavy atom. The van der Waals surface area contributed by atoms with Crippen molar-refractivity contribution in [1.82, 2.24) is 24.8 Å². The van der Waals surface area contributed by atoms with Gasteiger partial charge in [0.1, 0.15) is 5.78 Å². The molecule has 0 radical (unpaired) electrons. The Labute approximate surface area is 209 Å². The van der Waals surface area contributed by atoms with Gasteiger partial charge in [0, 0.05) is 55.0 Å². The Hall–Kier alpha value is -2.56. The number of rotatable bonds is 9. The number of piperazine rings is 1. The maximum absolute atomic E-state index is 12.1. The highest BCUT2D eigenvalue weighted by atomic mass is 32.2. The third-order valence-corrected chi connectivity index (χ3v) is 7.10. The van der Waals surface area contributed by atoms with E-state index in [1.165, 1.54) is 11.8 Å². The monoisotopic (exact) mass is 497 g/mol. The van der Waals surface area contributed by atoms with E-state index in [0.29, 0.717) is 35.8 Å². The molecule has 2 aromatic heterocycles. The Balaban J connectivity index is 1.52. The van der Waals surface area contributed by atoms with Gasteiger partial charge in [-0.3, -0.25) is 10.1 Å². The number of nitrogens with zero attached hydrogens (tertiary/aromatic N) is 6. The Kier molecular flexibility index (Phi) is 8.12. The van der Waals surface area contributed by atoms with Crippen LogP contribution in [0.25, 0.3) is 0 Å². The molecule has 0 amide bonds. The fourth-order valence-corrected chi connectivity index (χ4v) is 5.04. The molecule has 180 valence electrons. The highest BCUT2D eigenvalue weighted by molar-refractivity contribution is 7.99. The zero-order valence-corrected chi connectivity index (χ0v) is 21.7. The summed E-state index contributed by atoms with van der Waals surface area (Å²) in [6.45, 7) is 9.86. The molecule has 4 rings (SSSR count). The van der Waals surface area contributed by atoms with Crippen molar-refractivity contribution < 1.29 is 4.79 Å². The summed E-state index contributed by atoms with van der Waals surface area (Å²) in [7, 11) is 2.13. The van der Waals surface area contributed by atoms with E-state index in [0.717, 1.165) is 46.6 Å². The number of Topliss-reactive ketones (excluding diaryl/α,β-unsaturated/α-hetero) is 1. The predicted octanol–water partition coefficient (Wildman–Crippen LogP) is 4.44. The lowest BCUT2D eigenvalue weighted by atomic mass is 10.0. The van der Waals surface area contributed by atoms with Crippen LogP contribution >= 0.6 is 23.1 Å². The second kappa shape index (κ2) is 11.2. The smallest absolute Gasteiger partial charge is 0.234 e. The van der Waals surface area contributed by atoms with Crippen molar-refractivity contribution in [2.75, 3.05) is 43.4 Å². The van der Waals surface area contributed by atoms with E-state index in [1.807, 2.05) is 37.4 Å². The first kappa shape index (κ1) is 24.6. The number of benzene rings is 1. The summed E-state index contributed by atoms with van der Waals surface area (Å²) in [5.41, 5.74) is 1.03. The largest absolute Gasteiger partial charge is 0.338 e. The standard InChI is InChI=1S/C24H31N7OS2/c1-16(2)13-19(32)14-18-5-7-20(8-6-18)34-24-28-21(27-23-25-15-17(3)33-23)26-22(29-24)31-11-9-30(4)10-12-31/h5-8,15-16H,9-14H2,1-4H3,(H,25,26,27,28,29). The van der Waals surface area contributed by atoms with E-state index in [9.17, 15) is 4.79 Å². The quantitative estimate of drug-likeness (QED) is 0.461. The molecular formula is C24H31N7OS2. The predicted molar refractivity (Wildman–Crippen MR) is 138 cm³/mol. The Morgan fingerprint density at radius 1 is 1.12 bits per heavy atom. The van der Waals surface area contributed by atoms with Crippen LogP contribution < -0.4 is 10.2 Å². The van der Waals surface area contributed by atoms with Gasteiger partial charge in [-0.1, -0.05) is 26.0 Å². The van der Waals surface area contributed by atoms with Crippen molar-refractivity contribution in [2.45, 2.75) is 43.7 Å². The Morgan fingerprint density at radius 3 is 2.50 bits per heavy atom. The molecular weight excluding hydrogens is 466 g/mol. The van der Waals surface area contributed by atoms with E-state index < -0.39 is 0 Å². The van der Waals surface area contributed by atoms with E-state index in [4.69, 9.17) is 4.98 Å². The van der Waals surface area contributed by atoms with Crippen LogP contribution in [0.1, 0.15) is 30.7 Å². The molecule has 0 unspecified atom stereocenters. The van der Waals surface area contributed by atoms with Crippen molar-refractivity contribution in [3.8, 4) is 0 Å². The molecule has 3 aromatic rings. The maximum Gasteiger partial charge on any atom is 0.234 e. The van der Waals surface area contributed by atoms with Gasteiger partial charge in [-0.25, -0.2) is 4.98 Å². The molecule has 1 aliphatic heterocycles. The summed E-state index contributed by atoms with van der Waals surface area (Å²) < 4.78 is 0. The lowest BCUT2D eigenvalue weighted by molar-refractivity contribution is -0.119. The Bertz CT molecular complexity index is 1110. The SMILES string of the molecule is Cc1cnc(Nc2nc(Sc3ccc(CC(=O)CC(C)C)cc3)nc(N3CCN(C)CC3)n2)s1. The van der Waals surface area contributed by atoms with Crippen LogP contribution in [0.3, 0.4) is 0 Å². The number of aromatic nitrogens is 4. The fourth-order valence-electron chi connectivity index (χ4n) is 3.64. The molecule has 0 aliphatic carbocycles. The second-order valence-corrected chi connectivity index (χ2v) is 11.3. The van der Waals surface area contributed by atoms with Gasteiger partial charge in [-0.05, 0) is 49.3 Å². The molecule has 0 saturated carbocycles. The molecule has 0 bridgehead atoms. The van der Waals surface area contributed by atoms with Gasteiger partial charge in [-0.2, -0.15) is 15.0 Å². The number of ketones is 1. The average Bonchev–Trinajstić information content (AvgIpc) is 3.19. The summed E-state index contributed by atoms with van der Waals surface area (Å²) in [4.78, 5) is 37.3. The van der Waals surface area contributed by atoms with Gasteiger partial charge >= 0.3 is 0 Å². The molecule has 0 atom stereocenters. The normalized spacial score (nSPS) is 14.6. The number of aryl methyl sites for hydroxylation is 1. The van der Waals surface area contributed by atoms with E-state index in [1.54, 1.807) is 11.3 Å². The topological polar surface area (TPSA) is 87.1 Å². The highest BCUT2D eigenvalue weighted by Crippen LogP contribution is 2.29. The summed E-state index contributed by atoms with van der Waals surface area (Å²) in [5, 5.41) is 4.63. The number of carbonyl (C=O) groups excluding carboxylic acids is 1. The number of likely N-dealkylation sites (N-methyl/N-ethyl adjacent to an activating group) is 1. The molecule has 34 heavy (non-hydrogen) atoms. The van der Waals surface area contributed by atoms with E-state index in [2.05, 4.69) is 51.0 Å². The van der Waals surface area contributed by atoms with Crippen molar-refractivity contribution in [3.63, 3.8) is 0 Å². The number of anilines is 3. The fraction of sp³-hybridized carbons (Fsp3) is 0.458. The number of thiazole rings is 1. The van der Waals surface area contributed by atoms with Crippen LogP contribution in [-0.2, 0) is 11.2 Å². The van der Waals surface area contributed by atoms with Crippen molar-refractivity contribution in [1.29, 1.82) is 0 Å². The summed E-state index contributed by atoms with van der Waals surface area (Å²) in [6.07, 6.45) is 2.92. The van der Waals surface area contributed by atoms with Crippen molar-refractivity contribution >= 4 is 45.9 Å². The number of hydrogen-bond acceptors (Lipinski definition) is 10. The summed E-state index contributed by atoms with van der Waals surface area (Å²) in [5.74, 6) is 1.84. The molecule has 1 aliphatic rings. The van der Waals surface area contributed by atoms with Crippen LogP contribution in [0.4, 0.5) is 17.0 Å². The van der Waals surface area contributed by atoms with Crippen LogP contribution in [0.5, 0.6) is 0 Å². The summed E-state index contributed by atoms with van der Waals surface area (Å²) >= 11 is 3.06. The zero-order valence-electron chi connectivity index (χ0n) is 20.1. The second-order valence-electron chi connectivity index (χ2n) is 8.99. The molecule has 8 nitrogen and oxygen atoms in total. The molecule has 1 aromatic carbocycles. The van der Waals surface area contributed by atoms with Crippen LogP contribution in [0, 0.1) is 12.8 Å². The van der Waals surface area contributed by atoms with Gasteiger partial charge in [0.05, 0.1) is 0 Å². The van der Waals surface area contributed by atoms with Gasteiger partial charge in [-0.15, -0.1) is 11.3 Å². The molecule has 0 spiro atoms. The molecule has 1 fully saturated rings. The van der Waals surface area contributed by atoms with Crippen molar-refractivity contribution in [2.24, 2.45) is 5.92 Å². The first-order valence-electron chi connectivity index (χ1n) is 11.5. The summed E-state index contributed by atoms with van der Waals surface area (Å²) in [6, 6.07) is 8.08. The number of nitrogens with one attached hydrogen (secondary N) is 1.